The molecule has 7 nitrogen and oxygen atoms in total. The smallest absolute Gasteiger partial charge is 0.299 e. The second-order valence-electron chi connectivity index (χ2n) is 6.19. The fourth-order valence-electron chi connectivity index (χ4n) is 3.25. The Bertz CT molecular complexity index is 821. The first kappa shape index (κ1) is 21.6. The van der Waals surface area contributed by atoms with E-state index in [0.717, 1.165) is 37.8 Å². The predicted molar refractivity (Wildman–Crippen MR) is 113 cm³/mol. The Morgan fingerprint density at radius 2 is 1.74 bits per heavy atom. The van der Waals surface area contributed by atoms with Crippen molar-refractivity contribution in [3.05, 3.63) is 58.7 Å². The SMILES string of the molecule is CCCCCCC1=CC(Br)=C([N+](=O)[O-])c2c(ccc(Br)c2[N+](=O)[O-])N1CC. The molecule has 0 amide bonds. The molecule has 1 aliphatic heterocycles. The lowest BCUT2D eigenvalue weighted by Gasteiger charge is -2.26. The Balaban J connectivity index is 2.68. The predicted octanol–water partition coefficient (Wildman–Crippen LogP) is 6.39. The molecule has 0 unspecified atom stereocenters. The highest BCUT2D eigenvalue weighted by Gasteiger charge is 2.37. The Labute approximate surface area is 174 Å². The largest absolute Gasteiger partial charge is 0.344 e. The van der Waals surface area contributed by atoms with E-state index in [-0.39, 0.29) is 25.9 Å². The maximum Gasteiger partial charge on any atom is 0.299 e. The third kappa shape index (κ3) is 4.57. The summed E-state index contributed by atoms with van der Waals surface area (Å²) in [5.41, 5.74) is 0.827. The maximum atomic E-state index is 11.8. The minimum atomic E-state index is -0.577. The van der Waals surface area contributed by atoms with Crippen LogP contribution in [0.15, 0.2) is 32.9 Å². The van der Waals surface area contributed by atoms with Gasteiger partial charge >= 0.3 is 0 Å². The number of nitro benzene ring substituents is 1. The number of halogens is 2. The summed E-state index contributed by atoms with van der Waals surface area (Å²) in [7, 11) is 0. The van der Waals surface area contributed by atoms with Gasteiger partial charge in [0.05, 0.1) is 24.5 Å². The molecule has 2 rings (SSSR count). The highest BCUT2D eigenvalue weighted by Crippen LogP contribution is 2.45. The van der Waals surface area contributed by atoms with Crippen LogP contribution in [-0.2, 0) is 0 Å². The molecule has 0 spiro atoms. The number of nitrogens with zero attached hydrogens (tertiary/aromatic N) is 3. The minimum Gasteiger partial charge on any atom is -0.344 e. The van der Waals surface area contributed by atoms with Crippen LogP contribution in [0.1, 0.15) is 51.5 Å². The first-order chi connectivity index (χ1) is 12.8. The Kier molecular flexibility index (Phi) is 7.55. The van der Waals surface area contributed by atoms with Gasteiger partial charge in [-0.3, -0.25) is 20.2 Å². The fraction of sp³-hybridized carbons (Fsp3) is 0.444. The van der Waals surface area contributed by atoms with Gasteiger partial charge in [-0.1, -0.05) is 26.2 Å². The van der Waals surface area contributed by atoms with Gasteiger partial charge in [0.15, 0.2) is 5.56 Å². The number of anilines is 1. The third-order valence-corrected chi connectivity index (χ3v) is 5.71. The summed E-state index contributed by atoms with van der Waals surface area (Å²) in [4.78, 5) is 24.3. The van der Waals surface area contributed by atoms with Gasteiger partial charge in [0.1, 0.15) is 0 Å². The van der Waals surface area contributed by atoms with E-state index < -0.39 is 9.85 Å². The van der Waals surface area contributed by atoms with E-state index in [1.54, 1.807) is 18.2 Å². The van der Waals surface area contributed by atoms with Gasteiger partial charge in [0.25, 0.3) is 11.4 Å². The summed E-state index contributed by atoms with van der Waals surface area (Å²) in [6.07, 6.45) is 6.75. The van der Waals surface area contributed by atoms with Gasteiger partial charge in [-0.2, -0.15) is 0 Å². The first-order valence-electron chi connectivity index (χ1n) is 8.82. The van der Waals surface area contributed by atoms with Crippen LogP contribution in [0.25, 0.3) is 5.70 Å². The zero-order chi connectivity index (χ0) is 20.1. The van der Waals surface area contributed by atoms with Crippen molar-refractivity contribution in [2.45, 2.75) is 46.0 Å². The lowest BCUT2D eigenvalue weighted by atomic mass is 10.1. The van der Waals surface area contributed by atoms with Crippen LogP contribution in [0.5, 0.6) is 0 Å². The third-order valence-electron chi connectivity index (χ3n) is 4.47. The number of nitro groups is 2. The van der Waals surface area contributed by atoms with E-state index in [2.05, 4.69) is 38.8 Å². The number of benzene rings is 1. The maximum absolute atomic E-state index is 11.8. The van der Waals surface area contributed by atoms with Crippen molar-refractivity contribution >= 4 is 48.9 Å². The molecule has 0 fully saturated rings. The molecule has 146 valence electrons. The molecule has 1 aromatic rings. The van der Waals surface area contributed by atoms with E-state index in [1.807, 2.05) is 11.8 Å². The lowest BCUT2D eigenvalue weighted by molar-refractivity contribution is -0.392. The van der Waals surface area contributed by atoms with E-state index in [4.69, 9.17) is 0 Å². The normalized spacial score (nSPS) is 13.9. The molecule has 0 aromatic heterocycles. The van der Waals surface area contributed by atoms with Gasteiger partial charge < -0.3 is 4.90 Å². The average Bonchev–Trinajstić information content (AvgIpc) is 2.71. The molecule has 27 heavy (non-hydrogen) atoms. The number of rotatable bonds is 8. The molecule has 0 N–H and O–H groups in total. The summed E-state index contributed by atoms with van der Waals surface area (Å²) >= 11 is 6.48. The van der Waals surface area contributed by atoms with Crippen molar-refractivity contribution in [1.29, 1.82) is 0 Å². The van der Waals surface area contributed by atoms with E-state index in [1.165, 1.54) is 0 Å². The quantitative estimate of drug-likeness (QED) is 0.233. The standard InChI is InChI=1S/C18H21Br2N3O4/c1-3-5-6-7-8-12-11-14(20)18(23(26)27)16-15(21(12)4-2)10-9-13(19)17(16)22(24)25/h9-11H,3-8H2,1-2H3. The van der Waals surface area contributed by atoms with Crippen LogP contribution < -0.4 is 4.90 Å². The lowest BCUT2D eigenvalue weighted by Crippen LogP contribution is -2.23. The zero-order valence-electron chi connectivity index (χ0n) is 15.2. The van der Waals surface area contributed by atoms with Crippen LogP contribution in [0, 0.1) is 20.2 Å². The molecule has 0 saturated carbocycles. The number of fused-ring (bicyclic) bond motifs is 1. The van der Waals surface area contributed by atoms with Gasteiger partial charge in [-0.15, -0.1) is 0 Å². The van der Waals surface area contributed by atoms with E-state index in [9.17, 15) is 20.2 Å². The molecule has 0 radical (unpaired) electrons. The van der Waals surface area contributed by atoms with E-state index in [0.29, 0.717) is 12.2 Å². The van der Waals surface area contributed by atoms with Crippen molar-refractivity contribution in [3.8, 4) is 0 Å². The van der Waals surface area contributed by atoms with Gasteiger partial charge in [0, 0.05) is 12.2 Å². The number of hydrogen-bond acceptors (Lipinski definition) is 5. The number of hydrogen-bond donors (Lipinski definition) is 0. The van der Waals surface area contributed by atoms with Crippen LogP contribution in [0.2, 0.25) is 0 Å². The monoisotopic (exact) mass is 501 g/mol. The van der Waals surface area contributed by atoms with E-state index >= 15 is 0 Å². The summed E-state index contributed by atoms with van der Waals surface area (Å²) < 4.78 is 0.463. The summed E-state index contributed by atoms with van der Waals surface area (Å²) in [5, 5.41) is 23.5. The highest BCUT2D eigenvalue weighted by atomic mass is 79.9. The molecule has 1 aromatic carbocycles. The van der Waals surface area contributed by atoms with Crippen LogP contribution in [0.4, 0.5) is 11.4 Å². The summed E-state index contributed by atoms with van der Waals surface area (Å²) in [6.45, 7) is 4.62. The van der Waals surface area contributed by atoms with Gasteiger partial charge in [-0.05, 0) is 69.8 Å². The molecule has 9 heteroatoms. The number of allylic oxidation sites excluding steroid dienone is 3. The number of unbranched alkanes of at least 4 members (excludes halogenated alkanes) is 3. The molecule has 0 aliphatic carbocycles. The van der Waals surface area contributed by atoms with Crippen molar-refractivity contribution in [2.75, 3.05) is 11.4 Å². The van der Waals surface area contributed by atoms with Crippen molar-refractivity contribution < 1.29 is 9.85 Å². The first-order valence-corrected chi connectivity index (χ1v) is 10.4. The minimum absolute atomic E-state index is 0.0212. The molecule has 1 aliphatic rings. The second kappa shape index (κ2) is 9.45. The molecular weight excluding hydrogens is 482 g/mol. The van der Waals surface area contributed by atoms with Crippen molar-refractivity contribution in [1.82, 2.24) is 0 Å². The van der Waals surface area contributed by atoms with Gasteiger partial charge in [0.2, 0.25) is 0 Å². The Hall–Kier alpha value is -1.74. The second-order valence-corrected chi connectivity index (χ2v) is 7.90. The van der Waals surface area contributed by atoms with Gasteiger partial charge in [-0.25, -0.2) is 0 Å². The van der Waals surface area contributed by atoms with Crippen molar-refractivity contribution in [2.24, 2.45) is 0 Å². The summed E-state index contributed by atoms with van der Waals surface area (Å²) in [6, 6.07) is 3.27. The summed E-state index contributed by atoms with van der Waals surface area (Å²) in [5.74, 6) is 0. The Morgan fingerprint density at radius 3 is 2.30 bits per heavy atom. The molecular formula is C18H21Br2N3O4. The molecule has 0 bridgehead atoms. The van der Waals surface area contributed by atoms with Crippen molar-refractivity contribution in [3.63, 3.8) is 0 Å². The zero-order valence-corrected chi connectivity index (χ0v) is 18.4. The molecule has 0 atom stereocenters. The molecule has 1 heterocycles. The Morgan fingerprint density at radius 1 is 1.04 bits per heavy atom. The topological polar surface area (TPSA) is 89.5 Å². The highest BCUT2D eigenvalue weighted by molar-refractivity contribution is 9.12. The molecule has 0 saturated heterocycles. The van der Waals surface area contributed by atoms with Crippen LogP contribution in [-0.4, -0.2) is 16.4 Å². The fourth-order valence-corrected chi connectivity index (χ4v) is 4.33. The van der Waals surface area contributed by atoms with Crippen LogP contribution >= 0.6 is 31.9 Å². The average molecular weight is 503 g/mol. The van der Waals surface area contributed by atoms with Crippen LogP contribution in [0.3, 0.4) is 0 Å².